The number of carbonyl (C=O) groups excluding carboxylic acids is 2. The van der Waals surface area contributed by atoms with Crippen LogP contribution in [0.3, 0.4) is 0 Å². The highest BCUT2D eigenvalue weighted by Gasteiger charge is 2.25. The summed E-state index contributed by atoms with van der Waals surface area (Å²) in [5.74, 6) is -0.741. The van der Waals surface area contributed by atoms with Crippen molar-refractivity contribution in [2.75, 3.05) is 5.32 Å². The normalized spacial score (nSPS) is 14.0. The summed E-state index contributed by atoms with van der Waals surface area (Å²) < 4.78 is 7.99. The highest BCUT2D eigenvalue weighted by atomic mass is 16.6. The molecular formula is C15H17N3O4. The Morgan fingerprint density at radius 3 is 2.73 bits per heavy atom. The van der Waals surface area contributed by atoms with Gasteiger partial charge in [0.2, 0.25) is 5.91 Å². The third-order valence-corrected chi connectivity index (χ3v) is 3.32. The number of anilines is 1. The van der Waals surface area contributed by atoms with Crippen molar-refractivity contribution >= 4 is 28.6 Å². The molecule has 3 rings (SSSR count). The first-order chi connectivity index (χ1) is 10.3. The van der Waals surface area contributed by atoms with Gasteiger partial charge in [0, 0.05) is 0 Å². The zero-order chi connectivity index (χ0) is 16.1. The van der Waals surface area contributed by atoms with Crippen molar-refractivity contribution in [2.45, 2.75) is 39.5 Å². The summed E-state index contributed by atoms with van der Waals surface area (Å²) in [6.07, 6.45) is 0. The number of aromatic nitrogens is 2. The Bertz CT molecular complexity index is 839. The van der Waals surface area contributed by atoms with E-state index in [1.165, 1.54) is 9.13 Å². The fourth-order valence-corrected chi connectivity index (χ4v) is 2.61. The van der Waals surface area contributed by atoms with Crippen LogP contribution in [0, 0.1) is 0 Å². The molecule has 0 fully saturated rings. The molecule has 1 amide bonds. The molecular weight excluding hydrogens is 286 g/mol. The molecule has 0 aliphatic carbocycles. The van der Waals surface area contributed by atoms with Gasteiger partial charge in [-0.2, -0.15) is 0 Å². The molecule has 7 heteroatoms. The standard InChI is InChI=1S/C15H17N3O4/c1-15(2,3)22-12(20)8-17-10-6-4-5-9-13(10)18(14(17)21)7-11(19)16-9/h4-6H,7-8H2,1-3H3,(H,16,19). The third-order valence-electron chi connectivity index (χ3n) is 3.32. The number of esters is 1. The highest BCUT2D eigenvalue weighted by molar-refractivity contribution is 6.03. The van der Waals surface area contributed by atoms with Crippen LogP contribution in [0.25, 0.3) is 11.0 Å². The monoisotopic (exact) mass is 303 g/mol. The molecule has 116 valence electrons. The van der Waals surface area contributed by atoms with Crippen molar-refractivity contribution in [3.05, 3.63) is 28.7 Å². The minimum atomic E-state index is -0.615. The summed E-state index contributed by atoms with van der Waals surface area (Å²) in [7, 11) is 0. The minimum Gasteiger partial charge on any atom is -0.459 e. The summed E-state index contributed by atoms with van der Waals surface area (Å²) in [4.78, 5) is 36.2. The van der Waals surface area contributed by atoms with Crippen molar-refractivity contribution in [1.82, 2.24) is 9.13 Å². The van der Waals surface area contributed by atoms with Gasteiger partial charge in [-0.3, -0.25) is 18.7 Å². The Morgan fingerprint density at radius 1 is 1.32 bits per heavy atom. The zero-order valence-corrected chi connectivity index (χ0v) is 12.7. The number of benzene rings is 1. The molecule has 1 aromatic carbocycles. The lowest BCUT2D eigenvalue weighted by molar-refractivity contribution is -0.155. The molecule has 0 radical (unpaired) electrons. The third kappa shape index (κ3) is 2.38. The van der Waals surface area contributed by atoms with Crippen LogP contribution in [0.4, 0.5) is 5.69 Å². The molecule has 0 bridgehead atoms. The first-order valence-electron chi connectivity index (χ1n) is 7.00. The number of amides is 1. The fourth-order valence-electron chi connectivity index (χ4n) is 2.61. The van der Waals surface area contributed by atoms with Gasteiger partial charge in [-0.15, -0.1) is 0 Å². The average molecular weight is 303 g/mol. The Kier molecular flexibility index (Phi) is 3.09. The number of rotatable bonds is 2. The van der Waals surface area contributed by atoms with Crippen molar-refractivity contribution in [1.29, 1.82) is 0 Å². The number of carbonyl (C=O) groups is 2. The number of nitrogens with one attached hydrogen (secondary N) is 1. The molecule has 7 nitrogen and oxygen atoms in total. The van der Waals surface area contributed by atoms with Crippen molar-refractivity contribution in [3.63, 3.8) is 0 Å². The first-order valence-corrected chi connectivity index (χ1v) is 7.00. The minimum absolute atomic E-state index is 0.0480. The molecule has 0 saturated heterocycles. The van der Waals surface area contributed by atoms with E-state index in [2.05, 4.69) is 5.32 Å². The van der Waals surface area contributed by atoms with Gasteiger partial charge in [0.05, 0.1) is 16.7 Å². The van der Waals surface area contributed by atoms with Crippen molar-refractivity contribution < 1.29 is 14.3 Å². The molecule has 0 saturated carbocycles. The quantitative estimate of drug-likeness (QED) is 0.842. The van der Waals surface area contributed by atoms with E-state index in [1.54, 1.807) is 39.0 Å². The smallest absolute Gasteiger partial charge is 0.330 e. The van der Waals surface area contributed by atoms with E-state index in [4.69, 9.17) is 4.74 Å². The summed E-state index contributed by atoms with van der Waals surface area (Å²) in [5, 5.41) is 2.73. The molecule has 2 aromatic rings. The molecule has 0 spiro atoms. The molecule has 2 heterocycles. The van der Waals surface area contributed by atoms with Crippen LogP contribution in [-0.4, -0.2) is 26.6 Å². The van der Waals surface area contributed by atoms with E-state index in [9.17, 15) is 14.4 Å². The van der Waals surface area contributed by atoms with Crippen molar-refractivity contribution in [3.8, 4) is 0 Å². The van der Waals surface area contributed by atoms with E-state index in [0.29, 0.717) is 16.7 Å². The molecule has 22 heavy (non-hydrogen) atoms. The van der Waals surface area contributed by atoms with Crippen LogP contribution in [0.2, 0.25) is 0 Å². The largest absolute Gasteiger partial charge is 0.459 e. The second-order valence-electron chi connectivity index (χ2n) is 6.26. The van der Waals surface area contributed by atoms with Crippen LogP contribution in [0.1, 0.15) is 20.8 Å². The number of para-hydroxylation sites is 1. The van der Waals surface area contributed by atoms with Gasteiger partial charge in [0.25, 0.3) is 0 Å². The van der Waals surface area contributed by atoms with Gasteiger partial charge >= 0.3 is 11.7 Å². The van der Waals surface area contributed by atoms with Gasteiger partial charge < -0.3 is 10.1 Å². The van der Waals surface area contributed by atoms with Gasteiger partial charge in [0.1, 0.15) is 18.7 Å². The van der Waals surface area contributed by atoms with Gasteiger partial charge in [-0.1, -0.05) is 6.07 Å². The lowest BCUT2D eigenvalue weighted by Crippen LogP contribution is -2.34. The lowest BCUT2D eigenvalue weighted by atomic mass is 10.2. The van der Waals surface area contributed by atoms with Crippen LogP contribution in [0.5, 0.6) is 0 Å². The van der Waals surface area contributed by atoms with Crippen LogP contribution in [-0.2, 0) is 27.4 Å². The summed E-state index contributed by atoms with van der Waals surface area (Å²) >= 11 is 0. The lowest BCUT2D eigenvalue weighted by Gasteiger charge is -2.19. The van der Waals surface area contributed by atoms with Gasteiger partial charge in [0.15, 0.2) is 0 Å². The maximum Gasteiger partial charge on any atom is 0.330 e. The number of ether oxygens (including phenoxy) is 1. The zero-order valence-electron chi connectivity index (χ0n) is 12.7. The predicted octanol–water partition coefficient (Wildman–Crippen LogP) is 1.10. The Labute approximate surface area is 126 Å². The molecule has 1 aliphatic rings. The number of hydrogen-bond donors (Lipinski definition) is 1. The first kappa shape index (κ1) is 14.4. The van der Waals surface area contributed by atoms with Gasteiger partial charge in [-0.25, -0.2) is 4.79 Å². The van der Waals surface area contributed by atoms with Crippen LogP contribution < -0.4 is 11.0 Å². The predicted molar refractivity (Wildman–Crippen MR) is 80.7 cm³/mol. The number of nitrogens with zero attached hydrogens (tertiary/aromatic N) is 2. The summed E-state index contributed by atoms with van der Waals surface area (Å²) in [6.45, 7) is 5.08. The number of hydrogen-bond acceptors (Lipinski definition) is 4. The van der Waals surface area contributed by atoms with E-state index < -0.39 is 11.6 Å². The molecule has 1 aliphatic heterocycles. The van der Waals surface area contributed by atoms with E-state index in [-0.39, 0.29) is 24.7 Å². The Morgan fingerprint density at radius 2 is 2.05 bits per heavy atom. The Hall–Kier alpha value is -2.57. The van der Waals surface area contributed by atoms with Gasteiger partial charge in [-0.05, 0) is 32.9 Å². The Balaban J connectivity index is 2.07. The van der Waals surface area contributed by atoms with E-state index in [1.807, 2.05) is 0 Å². The second kappa shape index (κ2) is 4.72. The molecule has 1 N–H and O–H groups in total. The van der Waals surface area contributed by atoms with E-state index in [0.717, 1.165) is 0 Å². The fraction of sp³-hybridized carbons (Fsp3) is 0.400. The molecule has 0 unspecified atom stereocenters. The summed E-state index contributed by atoms with van der Waals surface area (Å²) in [5.41, 5.74) is 0.816. The number of imidazole rings is 1. The second-order valence-corrected chi connectivity index (χ2v) is 6.26. The topological polar surface area (TPSA) is 82.3 Å². The van der Waals surface area contributed by atoms with E-state index >= 15 is 0 Å². The SMILES string of the molecule is CC(C)(C)OC(=O)Cn1c(=O)n2c3c(cccc31)NC(=O)C2. The molecule has 0 atom stereocenters. The highest BCUT2D eigenvalue weighted by Crippen LogP contribution is 2.25. The average Bonchev–Trinajstić information content (AvgIpc) is 2.64. The maximum absolute atomic E-state index is 12.5. The molecule has 1 aromatic heterocycles. The maximum atomic E-state index is 12.5. The van der Waals surface area contributed by atoms with Crippen molar-refractivity contribution in [2.24, 2.45) is 0 Å². The summed E-state index contributed by atoms with van der Waals surface area (Å²) in [6, 6.07) is 5.21. The van der Waals surface area contributed by atoms with Crippen LogP contribution in [0.15, 0.2) is 23.0 Å². The van der Waals surface area contributed by atoms with Crippen LogP contribution >= 0.6 is 0 Å².